The molecule has 4 nitrogen and oxygen atoms in total. The Morgan fingerprint density at radius 1 is 1.60 bits per heavy atom. The lowest BCUT2D eigenvalue weighted by Crippen LogP contribution is -2.39. The van der Waals surface area contributed by atoms with E-state index in [4.69, 9.17) is 10.6 Å². The van der Waals surface area contributed by atoms with E-state index in [1.54, 1.807) is 0 Å². The Balaban J connectivity index is 3.15. The van der Waals surface area contributed by atoms with Gasteiger partial charge in [0.1, 0.15) is 17.2 Å². The van der Waals surface area contributed by atoms with Gasteiger partial charge < -0.3 is 9.84 Å². The molecule has 1 atom stereocenters. The van der Waals surface area contributed by atoms with Crippen LogP contribution in [-0.2, 0) is 5.60 Å². The van der Waals surface area contributed by atoms with Crippen LogP contribution in [0, 0.1) is 5.82 Å². The Kier molecular flexibility index (Phi) is 3.62. The maximum atomic E-state index is 13.0. The van der Waals surface area contributed by atoms with E-state index in [9.17, 15) is 9.50 Å². The Bertz CT molecular complexity index is 342. The summed E-state index contributed by atoms with van der Waals surface area (Å²) in [6.45, 7) is 1.64. The van der Waals surface area contributed by atoms with Crippen molar-refractivity contribution in [2.24, 2.45) is 5.84 Å². The summed E-state index contributed by atoms with van der Waals surface area (Å²) in [5.74, 6) is 5.14. The van der Waals surface area contributed by atoms with Crippen molar-refractivity contribution in [2.45, 2.75) is 12.5 Å². The molecule has 1 aromatic rings. The standard InChI is InChI=1S/C10H15FN2O2/c1-10(14,6-13-12)8-5-7(11)3-4-9(8)15-2/h3-5,13-14H,6,12H2,1-2H3. The van der Waals surface area contributed by atoms with E-state index in [2.05, 4.69) is 5.43 Å². The van der Waals surface area contributed by atoms with E-state index in [1.807, 2.05) is 0 Å². The average Bonchev–Trinajstić information content (AvgIpc) is 2.17. The molecule has 0 fully saturated rings. The highest BCUT2D eigenvalue weighted by molar-refractivity contribution is 5.38. The first kappa shape index (κ1) is 11.9. The number of nitrogens with one attached hydrogen (secondary N) is 1. The summed E-state index contributed by atoms with van der Waals surface area (Å²) in [7, 11) is 1.46. The number of methoxy groups -OCH3 is 1. The van der Waals surface area contributed by atoms with Crippen LogP contribution in [-0.4, -0.2) is 18.8 Å². The first-order valence-electron chi connectivity index (χ1n) is 4.51. The summed E-state index contributed by atoms with van der Waals surface area (Å²) in [6.07, 6.45) is 0. The zero-order chi connectivity index (χ0) is 11.5. The number of rotatable bonds is 4. The second-order valence-corrected chi connectivity index (χ2v) is 3.50. The lowest BCUT2D eigenvalue weighted by atomic mass is 9.95. The lowest BCUT2D eigenvalue weighted by molar-refractivity contribution is 0.0543. The van der Waals surface area contributed by atoms with Gasteiger partial charge in [0.05, 0.1) is 7.11 Å². The second kappa shape index (κ2) is 4.57. The van der Waals surface area contributed by atoms with E-state index < -0.39 is 11.4 Å². The number of nitrogens with two attached hydrogens (primary N) is 1. The molecule has 1 rings (SSSR count). The van der Waals surface area contributed by atoms with Crippen molar-refractivity contribution in [3.63, 3.8) is 0 Å². The fraction of sp³-hybridized carbons (Fsp3) is 0.400. The van der Waals surface area contributed by atoms with Gasteiger partial charge in [-0.3, -0.25) is 11.3 Å². The number of ether oxygens (including phenoxy) is 1. The maximum Gasteiger partial charge on any atom is 0.125 e. The zero-order valence-corrected chi connectivity index (χ0v) is 8.75. The number of hydrogen-bond donors (Lipinski definition) is 3. The molecule has 4 N–H and O–H groups in total. The van der Waals surface area contributed by atoms with Crippen molar-refractivity contribution in [2.75, 3.05) is 13.7 Å². The second-order valence-electron chi connectivity index (χ2n) is 3.50. The molecular formula is C10H15FN2O2. The SMILES string of the molecule is COc1ccc(F)cc1C(C)(O)CNN. The van der Waals surface area contributed by atoms with Crippen LogP contribution in [0.25, 0.3) is 0 Å². The fourth-order valence-corrected chi connectivity index (χ4v) is 1.40. The van der Waals surface area contributed by atoms with Gasteiger partial charge in [0, 0.05) is 12.1 Å². The van der Waals surface area contributed by atoms with Gasteiger partial charge in [0.2, 0.25) is 0 Å². The van der Waals surface area contributed by atoms with Crippen molar-refractivity contribution in [1.29, 1.82) is 0 Å². The molecule has 0 aliphatic rings. The molecule has 1 aromatic carbocycles. The summed E-state index contributed by atoms with van der Waals surface area (Å²) in [5, 5.41) is 10.0. The van der Waals surface area contributed by atoms with Crippen molar-refractivity contribution >= 4 is 0 Å². The fourth-order valence-electron chi connectivity index (χ4n) is 1.40. The minimum atomic E-state index is -1.28. The van der Waals surface area contributed by atoms with Crippen molar-refractivity contribution < 1.29 is 14.2 Å². The third kappa shape index (κ3) is 2.65. The normalized spacial score (nSPS) is 14.7. The smallest absolute Gasteiger partial charge is 0.125 e. The van der Waals surface area contributed by atoms with Crippen LogP contribution in [0.1, 0.15) is 12.5 Å². The van der Waals surface area contributed by atoms with Crippen molar-refractivity contribution in [3.8, 4) is 5.75 Å². The van der Waals surface area contributed by atoms with Crippen molar-refractivity contribution in [1.82, 2.24) is 5.43 Å². The number of aliphatic hydroxyl groups is 1. The third-order valence-electron chi connectivity index (χ3n) is 2.19. The van der Waals surface area contributed by atoms with Crippen LogP contribution in [0.3, 0.4) is 0 Å². The molecule has 0 radical (unpaired) electrons. The highest BCUT2D eigenvalue weighted by atomic mass is 19.1. The topological polar surface area (TPSA) is 67.5 Å². The van der Waals surface area contributed by atoms with E-state index >= 15 is 0 Å². The molecule has 15 heavy (non-hydrogen) atoms. The number of halogens is 1. The number of hydrogen-bond acceptors (Lipinski definition) is 4. The molecule has 1 unspecified atom stereocenters. The lowest BCUT2D eigenvalue weighted by Gasteiger charge is -2.25. The van der Waals surface area contributed by atoms with Crippen LogP contribution >= 0.6 is 0 Å². The van der Waals surface area contributed by atoms with Crippen LogP contribution in [0.5, 0.6) is 5.75 Å². The van der Waals surface area contributed by atoms with Gasteiger partial charge in [0.25, 0.3) is 0 Å². The predicted molar refractivity (Wildman–Crippen MR) is 54.7 cm³/mol. The minimum Gasteiger partial charge on any atom is -0.496 e. The first-order valence-corrected chi connectivity index (χ1v) is 4.51. The van der Waals surface area contributed by atoms with Crippen LogP contribution in [0.4, 0.5) is 4.39 Å². The minimum absolute atomic E-state index is 0.104. The van der Waals surface area contributed by atoms with Crippen LogP contribution in [0.2, 0.25) is 0 Å². The summed E-state index contributed by atoms with van der Waals surface area (Å²) in [6, 6.07) is 3.97. The first-order chi connectivity index (χ1) is 7.01. The molecule has 0 aliphatic carbocycles. The van der Waals surface area contributed by atoms with Gasteiger partial charge in [-0.1, -0.05) is 0 Å². The highest BCUT2D eigenvalue weighted by Gasteiger charge is 2.26. The number of hydrazine groups is 1. The third-order valence-corrected chi connectivity index (χ3v) is 2.19. The summed E-state index contributed by atoms with van der Waals surface area (Å²) >= 11 is 0. The number of benzene rings is 1. The van der Waals surface area contributed by atoms with E-state index in [-0.39, 0.29) is 6.54 Å². The molecule has 0 spiro atoms. The highest BCUT2D eigenvalue weighted by Crippen LogP contribution is 2.29. The van der Waals surface area contributed by atoms with Gasteiger partial charge in [-0.05, 0) is 25.1 Å². The molecule has 0 saturated heterocycles. The molecule has 0 aliphatic heterocycles. The van der Waals surface area contributed by atoms with Gasteiger partial charge >= 0.3 is 0 Å². The van der Waals surface area contributed by atoms with Gasteiger partial charge in [0.15, 0.2) is 0 Å². The largest absolute Gasteiger partial charge is 0.496 e. The van der Waals surface area contributed by atoms with Crippen LogP contribution < -0.4 is 16.0 Å². The van der Waals surface area contributed by atoms with Gasteiger partial charge in [-0.15, -0.1) is 0 Å². The molecule has 0 aromatic heterocycles. The molecule has 5 heteroatoms. The molecular weight excluding hydrogens is 199 g/mol. The molecule has 0 heterocycles. The van der Waals surface area contributed by atoms with E-state index in [0.717, 1.165) is 0 Å². The Morgan fingerprint density at radius 3 is 2.80 bits per heavy atom. The molecule has 0 bridgehead atoms. The van der Waals surface area contributed by atoms with Gasteiger partial charge in [-0.2, -0.15) is 0 Å². The van der Waals surface area contributed by atoms with Gasteiger partial charge in [-0.25, -0.2) is 4.39 Å². The quantitative estimate of drug-likeness (QED) is 0.504. The van der Waals surface area contributed by atoms with Crippen LogP contribution in [0.15, 0.2) is 18.2 Å². The maximum absolute atomic E-state index is 13.0. The summed E-state index contributed by atoms with van der Waals surface area (Å²) in [5.41, 5.74) is 1.44. The Morgan fingerprint density at radius 2 is 2.27 bits per heavy atom. The molecule has 0 amide bonds. The zero-order valence-electron chi connectivity index (χ0n) is 8.75. The molecule has 0 saturated carbocycles. The average molecular weight is 214 g/mol. The van der Waals surface area contributed by atoms with E-state index in [1.165, 1.54) is 32.2 Å². The molecule has 84 valence electrons. The van der Waals surface area contributed by atoms with E-state index in [0.29, 0.717) is 11.3 Å². The monoisotopic (exact) mass is 214 g/mol. The summed E-state index contributed by atoms with van der Waals surface area (Å²) < 4.78 is 18.1. The Labute approximate surface area is 87.8 Å². The Hall–Kier alpha value is -1.17. The van der Waals surface area contributed by atoms with Crippen molar-refractivity contribution in [3.05, 3.63) is 29.6 Å². The summed E-state index contributed by atoms with van der Waals surface area (Å²) in [4.78, 5) is 0. The predicted octanol–water partition coefficient (Wildman–Crippen LogP) is 0.505.